The number of fused-ring (bicyclic) bond motifs is 1. The molecule has 3 N–H and O–H groups in total. The standard InChI is InChI=1S/C21H22N6O2/c1-14-18(20(29)24-16-6-3-2-4-7-16)19(15-9-11-22-12-10-15)27-21(23-14)25-17(26-27)8-5-13-28/h2-4,6-7,9-12,19,28H,5,8,13H2,1H3,(H,24,29)(H,23,25,26)/t19-/m1/s1. The quantitative estimate of drug-likeness (QED) is 0.597. The molecule has 3 aromatic rings. The summed E-state index contributed by atoms with van der Waals surface area (Å²) in [5.41, 5.74) is 2.89. The summed E-state index contributed by atoms with van der Waals surface area (Å²) in [5, 5.41) is 19.9. The van der Waals surface area contributed by atoms with Gasteiger partial charge in [0.1, 0.15) is 6.04 Å². The lowest BCUT2D eigenvalue weighted by Gasteiger charge is -2.28. The molecule has 1 aliphatic rings. The van der Waals surface area contributed by atoms with Crippen molar-refractivity contribution in [3.63, 3.8) is 0 Å². The number of benzene rings is 1. The summed E-state index contributed by atoms with van der Waals surface area (Å²) in [6, 6.07) is 12.7. The van der Waals surface area contributed by atoms with Gasteiger partial charge in [-0.3, -0.25) is 9.78 Å². The molecule has 2 aromatic heterocycles. The van der Waals surface area contributed by atoms with Crippen molar-refractivity contribution in [3.05, 3.63) is 77.5 Å². The van der Waals surface area contributed by atoms with Crippen LogP contribution in [-0.2, 0) is 11.2 Å². The minimum Gasteiger partial charge on any atom is -0.396 e. The van der Waals surface area contributed by atoms with E-state index in [1.54, 1.807) is 17.1 Å². The van der Waals surface area contributed by atoms with Crippen molar-refractivity contribution in [1.29, 1.82) is 0 Å². The highest BCUT2D eigenvalue weighted by Crippen LogP contribution is 2.35. The van der Waals surface area contributed by atoms with E-state index in [0.29, 0.717) is 35.9 Å². The number of nitrogens with one attached hydrogen (secondary N) is 2. The molecular formula is C21H22N6O2. The summed E-state index contributed by atoms with van der Waals surface area (Å²) in [4.78, 5) is 21.9. The van der Waals surface area contributed by atoms with Crippen molar-refractivity contribution in [1.82, 2.24) is 19.7 Å². The summed E-state index contributed by atoms with van der Waals surface area (Å²) in [6.45, 7) is 1.94. The largest absolute Gasteiger partial charge is 0.396 e. The van der Waals surface area contributed by atoms with Crippen molar-refractivity contribution in [2.75, 3.05) is 17.2 Å². The number of anilines is 2. The second kappa shape index (κ2) is 8.24. The second-order valence-electron chi connectivity index (χ2n) is 6.79. The van der Waals surface area contributed by atoms with Gasteiger partial charge in [-0.25, -0.2) is 4.68 Å². The van der Waals surface area contributed by atoms with Gasteiger partial charge < -0.3 is 15.7 Å². The Bertz CT molecular complexity index is 1030. The lowest BCUT2D eigenvalue weighted by Crippen LogP contribution is -2.31. The van der Waals surface area contributed by atoms with Gasteiger partial charge in [0, 0.05) is 36.8 Å². The molecule has 29 heavy (non-hydrogen) atoms. The maximum atomic E-state index is 13.2. The number of amides is 1. The van der Waals surface area contributed by atoms with Crippen molar-refractivity contribution in [3.8, 4) is 0 Å². The van der Waals surface area contributed by atoms with Gasteiger partial charge in [0.15, 0.2) is 5.82 Å². The molecule has 0 spiro atoms. The Morgan fingerprint density at radius 1 is 1.21 bits per heavy atom. The van der Waals surface area contributed by atoms with Crippen LogP contribution in [0.25, 0.3) is 0 Å². The summed E-state index contributed by atoms with van der Waals surface area (Å²) >= 11 is 0. The van der Waals surface area contributed by atoms with Crippen molar-refractivity contribution < 1.29 is 9.90 Å². The van der Waals surface area contributed by atoms with Crippen LogP contribution in [0.2, 0.25) is 0 Å². The number of nitrogens with zero attached hydrogens (tertiary/aromatic N) is 4. The van der Waals surface area contributed by atoms with E-state index in [4.69, 9.17) is 5.11 Å². The number of pyridine rings is 1. The number of allylic oxidation sites excluding steroid dienone is 1. The number of hydrogen-bond acceptors (Lipinski definition) is 6. The molecule has 0 fully saturated rings. The monoisotopic (exact) mass is 390 g/mol. The highest BCUT2D eigenvalue weighted by molar-refractivity contribution is 6.06. The fraction of sp³-hybridized carbons (Fsp3) is 0.238. The Balaban J connectivity index is 1.74. The predicted molar refractivity (Wildman–Crippen MR) is 109 cm³/mol. The molecule has 0 aliphatic carbocycles. The number of hydrogen-bond donors (Lipinski definition) is 3. The minimum atomic E-state index is -0.437. The van der Waals surface area contributed by atoms with E-state index in [1.807, 2.05) is 49.4 Å². The second-order valence-corrected chi connectivity index (χ2v) is 6.79. The highest BCUT2D eigenvalue weighted by atomic mass is 16.3. The topological polar surface area (TPSA) is 105 Å². The number of aliphatic hydroxyl groups excluding tert-OH is 1. The highest BCUT2D eigenvalue weighted by Gasteiger charge is 2.34. The van der Waals surface area contributed by atoms with E-state index in [2.05, 4.69) is 25.7 Å². The number of carbonyl (C=O) groups excluding carboxylic acids is 1. The first-order valence-electron chi connectivity index (χ1n) is 9.47. The smallest absolute Gasteiger partial charge is 0.255 e. The first-order valence-corrected chi connectivity index (χ1v) is 9.47. The molecule has 1 aliphatic heterocycles. The average Bonchev–Trinajstić information content (AvgIpc) is 3.14. The number of carbonyl (C=O) groups is 1. The van der Waals surface area contributed by atoms with E-state index in [9.17, 15) is 4.79 Å². The first kappa shape index (κ1) is 18.8. The maximum Gasteiger partial charge on any atom is 0.255 e. The maximum absolute atomic E-state index is 13.2. The number of aromatic nitrogens is 4. The Hall–Kier alpha value is -3.52. The Labute approximate surface area is 168 Å². The van der Waals surface area contributed by atoms with Crippen LogP contribution < -0.4 is 10.6 Å². The van der Waals surface area contributed by atoms with E-state index < -0.39 is 6.04 Å². The van der Waals surface area contributed by atoms with Crippen molar-refractivity contribution in [2.45, 2.75) is 25.8 Å². The zero-order valence-corrected chi connectivity index (χ0v) is 16.0. The van der Waals surface area contributed by atoms with Crippen LogP contribution in [0.1, 0.15) is 30.8 Å². The molecule has 8 nitrogen and oxygen atoms in total. The first-order chi connectivity index (χ1) is 14.2. The number of aliphatic hydroxyl groups is 1. The van der Waals surface area contributed by atoms with Crippen LogP contribution in [-0.4, -0.2) is 37.4 Å². The Morgan fingerprint density at radius 2 is 1.97 bits per heavy atom. The fourth-order valence-electron chi connectivity index (χ4n) is 3.41. The van der Waals surface area contributed by atoms with E-state index in [-0.39, 0.29) is 12.5 Å². The molecular weight excluding hydrogens is 368 g/mol. The molecule has 3 heterocycles. The van der Waals surface area contributed by atoms with Gasteiger partial charge in [0.05, 0.1) is 5.57 Å². The van der Waals surface area contributed by atoms with Gasteiger partial charge in [-0.1, -0.05) is 18.2 Å². The van der Waals surface area contributed by atoms with Crippen LogP contribution in [0.4, 0.5) is 11.6 Å². The van der Waals surface area contributed by atoms with Crippen LogP contribution in [0, 0.1) is 0 Å². The molecule has 8 heteroatoms. The van der Waals surface area contributed by atoms with Crippen LogP contribution in [0.15, 0.2) is 66.1 Å². The minimum absolute atomic E-state index is 0.0765. The third-order valence-corrected chi connectivity index (χ3v) is 4.75. The summed E-state index contributed by atoms with van der Waals surface area (Å²) in [6.07, 6.45) is 4.54. The zero-order chi connectivity index (χ0) is 20.2. The van der Waals surface area contributed by atoms with Crippen LogP contribution >= 0.6 is 0 Å². The molecule has 0 saturated carbocycles. The van der Waals surface area contributed by atoms with Crippen LogP contribution in [0.3, 0.4) is 0 Å². The zero-order valence-electron chi connectivity index (χ0n) is 16.0. The molecule has 0 radical (unpaired) electrons. The molecule has 1 atom stereocenters. The van der Waals surface area contributed by atoms with E-state index in [1.165, 1.54) is 0 Å². The Morgan fingerprint density at radius 3 is 2.69 bits per heavy atom. The van der Waals surface area contributed by atoms with E-state index in [0.717, 1.165) is 11.3 Å². The predicted octanol–water partition coefficient (Wildman–Crippen LogP) is 2.53. The molecule has 0 bridgehead atoms. The number of rotatable bonds is 6. The van der Waals surface area contributed by atoms with E-state index >= 15 is 0 Å². The van der Waals surface area contributed by atoms with Crippen LogP contribution in [0.5, 0.6) is 0 Å². The summed E-state index contributed by atoms with van der Waals surface area (Å²) in [7, 11) is 0. The van der Waals surface area contributed by atoms with Gasteiger partial charge >= 0.3 is 0 Å². The third-order valence-electron chi connectivity index (χ3n) is 4.75. The average molecular weight is 390 g/mol. The Kier molecular flexibility index (Phi) is 5.35. The molecule has 148 valence electrons. The normalized spacial score (nSPS) is 15.6. The van der Waals surface area contributed by atoms with Gasteiger partial charge in [0.2, 0.25) is 5.95 Å². The molecule has 1 aromatic carbocycles. The fourth-order valence-corrected chi connectivity index (χ4v) is 3.41. The van der Waals surface area contributed by atoms with Gasteiger partial charge in [-0.15, -0.1) is 0 Å². The third kappa shape index (κ3) is 3.88. The SMILES string of the molecule is CC1=C(C(=O)Nc2ccccc2)[C@@H](c2ccncc2)n2nc(CCCO)nc2N1. The summed E-state index contributed by atoms with van der Waals surface area (Å²) in [5.74, 6) is 0.993. The molecule has 4 rings (SSSR count). The molecule has 0 saturated heterocycles. The molecule has 0 unspecified atom stereocenters. The lowest BCUT2D eigenvalue weighted by molar-refractivity contribution is -0.113. The van der Waals surface area contributed by atoms with Gasteiger partial charge in [0.25, 0.3) is 5.91 Å². The van der Waals surface area contributed by atoms with Gasteiger partial charge in [-0.2, -0.15) is 10.1 Å². The van der Waals surface area contributed by atoms with Gasteiger partial charge in [-0.05, 0) is 43.2 Å². The molecule has 1 amide bonds. The summed E-state index contributed by atoms with van der Waals surface area (Å²) < 4.78 is 1.73. The number of para-hydroxylation sites is 1. The van der Waals surface area contributed by atoms with Crippen molar-refractivity contribution in [2.24, 2.45) is 0 Å². The number of aryl methyl sites for hydroxylation is 1. The van der Waals surface area contributed by atoms with Crippen molar-refractivity contribution >= 4 is 17.5 Å². The lowest BCUT2D eigenvalue weighted by atomic mass is 9.96.